The van der Waals surface area contributed by atoms with Crippen LogP contribution in [0.5, 0.6) is 5.75 Å². The Kier molecular flexibility index (Phi) is 3.28. The standard InChI is InChI=1S/C12H17N3O2/c13-8-12(5-1-2-6-12)11(17)15-10-9(16)4-3-7-14-10/h3-4,7,16H,1-2,5-6,8,13H2,(H,14,15,17). The number of aromatic nitrogens is 1. The Hall–Kier alpha value is -1.62. The lowest BCUT2D eigenvalue weighted by Crippen LogP contribution is -2.40. The summed E-state index contributed by atoms with van der Waals surface area (Å²) in [5, 5.41) is 12.2. The Morgan fingerprint density at radius 1 is 1.53 bits per heavy atom. The van der Waals surface area contributed by atoms with E-state index < -0.39 is 5.41 Å². The SMILES string of the molecule is NCC1(C(=O)Nc2ncccc2O)CCCC1. The molecule has 0 aromatic carbocycles. The number of nitrogens with one attached hydrogen (secondary N) is 1. The first kappa shape index (κ1) is 11.9. The van der Waals surface area contributed by atoms with Crippen molar-refractivity contribution in [1.29, 1.82) is 0 Å². The molecule has 1 fully saturated rings. The summed E-state index contributed by atoms with van der Waals surface area (Å²) in [6, 6.07) is 3.10. The van der Waals surface area contributed by atoms with Crippen LogP contribution in [0.25, 0.3) is 0 Å². The second kappa shape index (κ2) is 4.71. The molecule has 4 N–H and O–H groups in total. The van der Waals surface area contributed by atoms with Crippen molar-refractivity contribution in [1.82, 2.24) is 4.98 Å². The van der Waals surface area contributed by atoms with E-state index in [2.05, 4.69) is 10.3 Å². The van der Waals surface area contributed by atoms with E-state index in [4.69, 9.17) is 5.73 Å². The normalized spacial score (nSPS) is 17.9. The number of aromatic hydroxyl groups is 1. The van der Waals surface area contributed by atoms with Crippen LogP contribution in [0, 0.1) is 5.41 Å². The smallest absolute Gasteiger partial charge is 0.233 e. The van der Waals surface area contributed by atoms with Gasteiger partial charge in [-0.2, -0.15) is 0 Å². The van der Waals surface area contributed by atoms with Crippen LogP contribution in [0.3, 0.4) is 0 Å². The van der Waals surface area contributed by atoms with Crippen LogP contribution in [0.15, 0.2) is 18.3 Å². The molecule has 17 heavy (non-hydrogen) atoms. The van der Waals surface area contributed by atoms with Crippen molar-refractivity contribution in [3.63, 3.8) is 0 Å². The molecule has 1 aromatic heterocycles. The molecule has 5 nitrogen and oxygen atoms in total. The molecule has 1 aliphatic carbocycles. The van der Waals surface area contributed by atoms with Gasteiger partial charge in [-0.3, -0.25) is 4.79 Å². The van der Waals surface area contributed by atoms with Crippen LogP contribution in [0.2, 0.25) is 0 Å². The van der Waals surface area contributed by atoms with E-state index in [1.165, 1.54) is 12.3 Å². The van der Waals surface area contributed by atoms with E-state index in [9.17, 15) is 9.90 Å². The predicted molar refractivity (Wildman–Crippen MR) is 64.5 cm³/mol. The minimum Gasteiger partial charge on any atom is -0.504 e. The van der Waals surface area contributed by atoms with Crippen LogP contribution in [0.1, 0.15) is 25.7 Å². The highest BCUT2D eigenvalue weighted by atomic mass is 16.3. The highest BCUT2D eigenvalue weighted by Gasteiger charge is 2.40. The van der Waals surface area contributed by atoms with Gasteiger partial charge in [0.15, 0.2) is 11.6 Å². The van der Waals surface area contributed by atoms with Crippen molar-refractivity contribution >= 4 is 11.7 Å². The first-order valence-corrected chi connectivity index (χ1v) is 5.83. The molecular weight excluding hydrogens is 218 g/mol. The van der Waals surface area contributed by atoms with Crippen molar-refractivity contribution in [3.8, 4) is 5.75 Å². The minimum absolute atomic E-state index is 0.0222. The summed E-state index contributed by atoms with van der Waals surface area (Å²) in [5.74, 6) is 0.0507. The zero-order valence-corrected chi connectivity index (χ0v) is 9.65. The zero-order chi connectivity index (χ0) is 12.3. The molecule has 1 aromatic rings. The average molecular weight is 235 g/mol. The molecule has 0 atom stereocenters. The van der Waals surface area contributed by atoms with Crippen molar-refractivity contribution in [3.05, 3.63) is 18.3 Å². The second-order valence-corrected chi connectivity index (χ2v) is 4.52. The summed E-state index contributed by atoms with van der Waals surface area (Å²) in [5.41, 5.74) is 5.24. The average Bonchev–Trinajstić information content (AvgIpc) is 2.82. The van der Waals surface area contributed by atoms with Gasteiger partial charge < -0.3 is 16.2 Å². The summed E-state index contributed by atoms with van der Waals surface area (Å²) in [4.78, 5) is 16.1. The number of carbonyl (C=O) groups excluding carboxylic acids is 1. The van der Waals surface area contributed by atoms with Crippen molar-refractivity contribution < 1.29 is 9.90 Å². The third kappa shape index (κ3) is 2.24. The van der Waals surface area contributed by atoms with Crippen molar-refractivity contribution in [2.24, 2.45) is 11.1 Å². The van der Waals surface area contributed by atoms with Gasteiger partial charge in [-0.1, -0.05) is 12.8 Å². The van der Waals surface area contributed by atoms with Crippen molar-refractivity contribution in [2.75, 3.05) is 11.9 Å². The molecule has 0 aliphatic heterocycles. The Balaban J connectivity index is 2.14. The van der Waals surface area contributed by atoms with E-state index in [0.717, 1.165) is 25.7 Å². The van der Waals surface area contributed by atoms with Gasteiger partial charge in [0.1, 0.15) is 0 Å². The Bertz CT molecular complexity index is 414. The summed E-state index contributed by atoms with van der Waals surface area (Å²) < 4.78 is 0. The number of rotatable bonds is 3. The van der Waals surface area contributed by atoms with Gasteiger partial charge in [-0.05, 0) is 25.0 Å². The maximum absolute atomic E-state index is 12.2. The summed E-state index contributed by atoms with van der Waals surface area (Å²) in [7, 11) is 0. The summed E-state index contributed by atoms with van der Waals surface area (Å²) >= 11 is 0. The summed E-state index contributed by atoms with van der Waals surface area (Å²) in [6.45, 7) is 0.340. The number of nitrogens with zero attached hydrogens (tertiary/aromatic N) is 1. The van der Waals surface area contributed by atoms with E-state index in [-0.39, 0.29) is 17.5 Å². The zero-order valence-electron chi connectivity index (χ0n) is 9.65. The molecular formula is C12H17N3O2. The number of hydrogen-bond donors (Lipinski definition) is 3. The molecule has 92 valence electrons. The molecule has 0 bridgehead atoms. The van der Waals surface area contributed by atoms with Gasteiger partial charge in [-0.15, -0.1) is 0 Å². The third-order valence-electron chi connectivity index (χ3n) is 3.45. The number of hydrogen-bond acceptors (Lipinski definition) is 4. The molecule has 0 spiro atoms. The Morgan fingerprint density at radius 2 is 2.24 bits per heavy atom. The quantitative estimate of drug-likeness (QED) is 0.735. The maximum Gasteiger partial charge on any atom is 0.233 e. The van der Waals surface area contributed by atoms with E-state index >= 15 is 0 Å². The summed E-state index contributed by atoms with van der Waals surface area (Å²) in [6.07, 6.45) is 5.20. The highest BCUT2D eigenvalue weighted by molar-refractivity contribution is 5.95. The van der Waals surface area contributed by atoms with Gasteiger partial charge in [0.2, 0.25) is 5.91 Å². The van der Waals surface area contributed by atoms with Crippen molar-refractivity contribution in [2.45, 2.75) is 25.7 Å². The molecule has 5 heteroatoms. The lowest BCUT2D eigenvalue weighted by atomic mass is 9.85. The molecule has 2 rings (SSSR count). The molecule has 0 unspecified atom stereocenters. The van der Waals surface area contributed by atoms with Crippen LogP contribution in [-0.4, -0.2) is 22.5 Å². The van der Waals surface area contributed by atoms with E-state index in [1.807, 2.05) is 0 Å². The maximum atomic E-state index is 12.2. The third-order valence-corrected chi connectivity index (χ3v) is 3.45. The number of anilines is 1. The lowest BCUT2D eigenvalue weighted by molar-refractivity contribution is -0.124. The van der Waals surface area contributed by atoms with Gasteiger partial charge in [0, 0.05) is 12.7 Å². The molecule has 1 heterocycles. The van der Waals surface area contributed by atoms with Gasteiger partial charge in [0.25, 0.3) is 0 Å². The van der Waals surface area contributed by atoms with Crippen LogP contribution in [0.4, 0.5) is 5.82 Å². The fourth-order valence-electron chi connectivity index (χ4n) is 2.31. The predicted octanol–water partition coefficient (Wildman–Crippen LogP) is 1.24. The fraction of sp³-hybridized carbons (Fsp3) is 0.500. The molecule has 1 aliphatic rings. The number of amides is 1. The Morgan fingerprint density at radius 3 is 2.82 bits per heavy atom. The molecule has 0 saturated heterocycles. The monoisotopic (exact) mass is 235 g/mol. The molecule has 0 radical (unpaired) electrons. The second-order valence-electron chi connectivity index (χ2n) is 4.52. The Labute approximate surface area is 100 Å². The minimum atomic E-state index is -0.482. The number of nitrogens with two attached hydrogens (primary N) is 1. The fourth-order valence-corrected chi connectivity index (χ4v) is 2.31. The van der Waals surface area contributed by atoms with E-state index in [0.29, 0.717) is 6.54 Å². The first-order chi connectivity index (χ1) is 8.18. The van der Waals surface area contributed by atoms with Crippen LogP contribution >= 0.6 is 0 Å². The van der Waals surface area contributed by atoms with Gasteiger partial charge in [0.05, 0.1) is 5.41 Å². The number of pyridine rings is 1. The van der Waals surface area contributed by atoms with Crippen LogP contribution in [-0.2, 0) is 4.79 Å². The molecule has 1 amide bonds. The largest absolute Gasteiger partial charge is 0.504 e. The molecule has 1 saturated carbocycles. The highest BCUT2D eigenvalue weighted by Crippen LogP contribution is 2.38. The topological polar surface area (TPSA) is 88.2 Å². The first-order valence-electron chi connectivity index (χ1n) is 5.83. The van der Waals surface area contributed by atoms with E-state index in [1.54, 1.807) is 6.07 Å². The van der Waals surface area contributed by atoms with Crippen LogP contribution < -0.4 is 11.1 Å². The van der Waals surface area contributed by atoms with Gasteiger partial charge in [-0.25, -0.2) is 4.98 Å². The lowest BCUT2D eigenvalue weighted by Gasteiger charge is -2.25. The van der Waals surface area contributed by atoms with Gasteiger partial charge >= 0.3 is 0 Å². The number of carbonyl (C=O) groups is 1.